The van der Waals surface area contributed by atoms with Crippen molar-refractivity contribution in [2.24, 2.45) is 0 Å². The number of piperazine rings is 1. The summed E-state index contributed by atoms with van der Waals surface area (Å²) in [6, 6.07) is 15.0. The average Bonchev–Trinajstić information content (AvgIpc) is 4.04. The van der Waals surface area contributed by atoms with Gasteiger partial charge in [-0.2, -0.15) is 0 Å². The second-order valence-corrected chi connectivity index (χ2v) is 16.7. The lowest BCUT2D eigenvalue weighted by molar-refractivity contribution is 0.0240. The topological polar surface area (TPSA) is 181 Å². The SMILES string of the molecule is COc1ccc2c(c1)C(=O)C(c1nc(C(=O)Nc3cc(F)ccc3N3CCN(C(=O)OC(C)(C)C)CC3)cs1)C2.COc1ccc2c(c1)C(=O)N(c1nc(C(=O)O)cs1)C2. The minimum absolute atomic E-state index is 0.0480. The molecule has 4 heterocycles. The van der Waals surface area contributed by atoms with Gasteiger partial charge in [0, 0.05) is 48.1 Å². The number of rotatable bonds is 8. The predicted octanol–water partition coefficient (Wildman–Crippen LogP) is 7.13. The second-order valence-electron chi connectivity index (χ2n) is 15.0. The highest BCUT2D eigenvalue weighted by Crippen LogP contribution is 2.38. The summed E-state index contributed by atoms with van der Waals surface area (Å²) >= 11 is 2.40. The first-order chi connectivity index (χ1) is 28.6. The number of nitrogens with zero attached hydrogens (tertiary/aromatic N) is 5. The molecule has 0 saturated carbocycles. The van der Waals surface area contributed by atoms with Crippen molar-refractivity contribution in [3.05, 3.63) is 110 Å². The van der Waals surface area contributed by atoms with Crippen molar-refractivity contribution in [1.29, 1.82) is 0 Å². The fraction of sp³-hybridized carbons (Fsp3) is 0.310. The number of amides is 3. The first-order valence-electron chi connectivity index (χ1n) is 18.8. The van der Waals surface area contributed by atoms with Crippen LogP contribution in [0.15, 0.2) is 65.4 Å². The van der Waals surface area contributed by atoms with Crippen molar-refractivity contribution in [1.82, 2.24) is 14.9 Å². The molecule has 18 heteroatoms. The molecule has 1 unspecified atom stereocenters. The van der Waals surface area contributed by atoms with Gasteiger partial charge in [0.2, 0.25) is 0 Å². The number of Topliss-reactive ketones (excluding diaryl/α,β-unsaturated/α-hetero) is 1. The lowest BCUT2D eigenvalue weighted by Crippen LogP contribution is -2.50. The Morgan fingerprint density at radius 1 is 0.850 bits per heavy atom. The van der Waals surface area contributed by atoms with Gasteiger partial charge in [-0.15, -0.1) is 22.7 Å². The largest absolute Gasteiger partial charge is 0.497 e. The normalized spacial score (nSPS) is 15.8. The van der Waals surface area contributed by atoms with Gasteiger partial charge in [-0.3, -0.25) is 19.3 Å². The van der Waals surface area contributed by atoms with Crippen LogP contribution in [-0.4, -0.2) is 95.6 Å². The summed E-state index contributed by atoms with van der Waals surface area (Å²) in [6.45, 7) is 7.70. The molecule has 312 valence electrons. The van der Waals surface area contributed by atoms with E-state index in [-0.39, 0.29) is 29.2 Å². The minimum atomic E-state index is -1.10. The zero-order valence-corrected chi connectivity index (χ0v) is 34.9. The van der Waals surface area contributed by atoms with Crippen LogP contribution in [0.5, 0.6) is 11.5 Å². The molecule has 1 saturated heterocycles. The molecule has 3 aromatic carbocycles. The van der Waals surface area contributed by atoms with Crippen molar-refractivity contribution in [3.63, 3.8) is 0 Å². The molecule has 0 radical (unpaired) electrons. The summed E-state index contributed by atoms with van der Waals surface area (Å²) in [6.07, 6.45) is 0.137. The zero-order chi connectivity index (χ0) is 42.9. The third kappa shape index (κ3) is 8.93. The first-order valence-corrected chi connectivity index (χ1v) is 20.6. The van der Waals surface area contributed by atoms with Crippen LogP contribution >= 0.6 is 22.7 Å². The molecular formula is C42H41FN6O9S2. The molecule has 0 bridgehead atoms. The van der Waals surface area contributed by atoms with E-state index in [1.54, 1.807) is 48.8 Å². The van der Waals surface area contributed by atoms with Crippen LogP contribution in [0, 0.1) is 5.82 Å². The van der Waals surface area contributed by atoms with Crippen molar-refractivity contribution in [2.75, 3.05) is 55.5 Å². The van der Waals surface area contributed by atoms with Crippen LogP contribution in [0.25, 0.3) is 0 Å². The van der Waals surface area contributed by atoms with Gasteiger partial charge in [0.15, 0.2) is 16.6 Å². The molecule has 2 aromatic heterocycles. The number of benzene rings is 3. The number of carboxylic acid groups (broad SMARTS) is 1. The fourth-order valence-electron chi connectivity index (χ4n) is 6.92. The number of carbonyl (C=O) groups excluding carboxylic acids is 4. The minimum Gasteiger partial charge on any atom is -0.497 e. The first kappa shape index (κ1) is 41.7. The van der Waals surface area contributed by atoms with E-state index in [2.05, 4.69) is 15.3 Å². The highest BCUT2D eigenvalue weighted by Gasteiger charge is 2.35. The lowest BCUT2D eigenvalue weighted by atomic mass is 10.1. The number of aromatic nitrogens is 2. The summed E-state index contributed by atoms with van der Waals surface area (Å²) in [4.78, 5) is 75.4. The van der Waals surface area contributed by atoms with E-state index in [1.807, 2.05) is 43.9 Å². The molecule has 1 atom stereocenters. The van der Waals surface area contributed by atoms with E-state index in [9.17, 15) is 28.4 Å². The summed E-state index contributed by atoms with van der Waals surface area (Å²) in [5.74, 6) is -1.55. The van der Waals surface area contributed by atoms with Gasteiger partial charge in [-0.05, 0) is 80.8 Å². The van der Waals surface area contributed by atoms with Crippen molar-refractivity contribution < 1.29 is 47.7 Å². The lowest BCUT2D eigenvalue weighted by Gasteiger charge is -2.37. The molecule has 8 rings (SSSR count). The van der Waals surface area contributed by atoms with E-state index >= 15 is 0 Å². The summed E-state index contributed by atoms with van der Waals surface area (Å²) in [7, 11) is 3.09. The standard InChI is InChI=1S/C29H31FN4O5S.C13H10N2O4S/c1-29(2,3)39-28(37)34-11-9-33(10-12-34)24-8-6-18(30)14-22(24)31-26(36)23-16-40-27(32-23)21-13-17-5-7-19(38-4)15-20(17)25(21)35;1-19-8-3-2-7-5-15(11(16)9(7)4-8)13-14-10(6-20-13)12(17)18/h5-8,14-16,21H,9-13H2,1-4H3,(H,31,36);2-4,6H,5H2,1H3,(H,17,18). The zero-order valence-electron chi connectivity index (χ0n) is 33.3. The number of hydrogen-bond acceptors (Lipinski definition) is 13. The van der Waals surface area contributed by atoms with Crippen LogP contribution in [0.3, 0.4) is 0 Å². The summed E-state index contributed by atoms with van der Waals surface area (Å²) in [5.41, 5.74) is 3.46. The van der Waals surface area contributed by atoms with Crippen LogP contribution in [0.1, 0.15) is 84.5 Å². The van der Waals surface area contributed by atoms with Gasteiger partial charge in [0.1, 0.15) is 33.6 Å². The Balaban J connectivity index is 0.000000227. The van der Waals surface area contributed by atoms with Gasteiger partial charge in [0.25, 0.3) is 11.8 Å². The maximum atomic E-state index is 14.2. The molecule has 5 aromatic rings. The molecular weight excluding hydrogens is 816 g/mol. The van der Waals surface area contributed by atoms with E-state index in [4.69, 9.17) is 19.3 Å². The van der Waals surface area contributed by atoms with Crippen LogP contribution in [-0.2, 0) is 17.7 Å². The predicted molar refractivity (Wildman–Crippen MR) is 223 cm³/mol. The molecule has 2 N–H and O–H groups in total. The molecule has 3 amide bonds. The van der Waals surface area contributed by atoms with Crippen LogP contribution in [0.4, 0.5) is 25.7 Å². The number of aromatic carboxylic acids is 1. The average molecular weight is 857 g/mol. The third-order valence-electron chi connectivity index (χ3n) is 9.92. The quantitative estimate of drug-likeness (QED) is 0.161. The number of ketones is 1. The van der Waals surface area contributed by atoms with Gasteiger partial charge in [-0.1, -0.05) is 12.1 Å². The van der Waals surface area contributed by atoms with E-state index < -0.39 is 29.2 Å². The van der Waals surface area contributed by atoms with Crippen molar-refractivity contribution >= 4 is 68.8 Å². The Morgan fingerprint density at radius 3 is 2.17 bits per heavy atom. The number of thiazole rings is 2. The van der Waals surface area contributed by atoms with Crippen LogP contribution in [0.2, 0.25) is 0 Å². The summed E-state index contributed by atoms with van der Waals surface area (Å²) in [5, 5.41) is 15.7. The fourth-order valence-corrected chi connectivity index (χ4v) is 8.61. The number of nitrogens with one attached hydrogen (secondary N) is 1. The number of halogens is 1. The third-order valence-corrected chi connectivity index (χ3v) is 11.7. The maximum absolute atomic E-state index is 14.2. The molecule has 15 nitrogen and oxygen atoms in total. The van der Waals surface area contributed by atoms with Gasteiger partial charge in [-0.25, -0.2) is 23.9 Å². The number of anilines is 3. The van der Waals surface area contributed by atoms with Gasteiger partial charge < -0.3 is 34.4 Å². The summed E-state index contributed by atoms with van der Waals surface area (Å²) < 4.78 is 30.0. The molecule has 60 heavy (non-hydrogen) atoms. The Labute approximate surface area is 352 Å². The van der Waals surface area contributed by atoms with E-state index in [1.165, 1.54) is 33.7 Å². The maximum Gasteiger partial charge on any atom is 0.410 e. The number of ether oxygens (including phenoxy) is 3. The van der Waals surface area contributed by atoms with Crippen molar-refractivity contribution in [3.8, 4) is 11.5 Å². The molecule has 1 aliphatic carbocycles. The molecule has 2 aliphatic heterocycles. The smallest absolute Gasteiger partial charge is 0.410 e. The molecule has 3 aliphatic rings. The molecule has 0 spiro atoms. The highest BCUT2D eigenvalue weighted by atomic mass is 32.1. The van der Waals surface area contributed by atoms with Crippen molar-refractivity contribution in [2.45, 2.75) is 45.3 Å². The Hall–Kier alpha value is -6.40. The number of fused-ring (bicyclic) bond motifs is 2. The van der Waals surface area contributed by atoms with E-state index in [0.717, 1.165) is 22.5 Å². The number of carbonyl (C=O) groups is 5. The number of carboxylic acids is 1. The number of hydrogen-bond donors (Lipinski definition) is 2. The monoisotopic (exact) mass is 856 g/mol. The Kier molecular flexibility index (Phi) is 11.9. The van der Waals surface area contributed by atoms with E-state index in [0.29, 0.717) is 83.3 Å². The second kappa shape index (κ2) is 17.1. The van der Waals surface area contributed by atoms with Gasteiger partial charge in [0.05, 0.1) is 38.1 Å². The van der Waals surface area contributed by atoms with Crippen LogP contribution < -0.4 is 24.6 Å². The number of methoxy groups -OCH3 is 2. The molecule has 1 fully saturated rings. The Bertz CT molecular complexity index is 2490. The Morgan fingerprint density at radius 2 is 1.52 bits per heavy atom. The van der Waals surface area contributed by atoms with Gasteiger partial charge >= 0.3 is 12.1 Å². The highest BCUT2D eigenvalue weighted by molar-refractivity contribution is 7.14.